The van der Waals surface area contributed by atoms with Crippen LogP contribution in [0.3, 0.4) is 0 Å². The molecule has 2 rings (SSSR count). The predicted molar refractivity (Wildman–Crippen MR) is 69.2 cm³/mol. The lowest BCUT2D eigenvalue weighted by molar-refractivity contribution is -0.138. The molecular formula is C12H16ClN3O3. The summed E-state index contributed by atoms with van der Waals surface area (Å²) in [6.07, 6.45) is 4.13. The Labute approximate surface area is 115 Å². The molecular weight excluding hydrogens is 270 g/mol. The van der Waals surface area contributed by atoms with Crippen molar-refractivity contribution in [1.82, 2.24) is 14.7 Å². The molecule has 1 saturated carbocycles. The number of carbonyl (C=O) groups is 2. The van der Waals surface area contributed by atoms with Gasteiger partial charge in [-0.2, -0.15) is 5.10 Å². The average molecular weight is 286 g/mol. The molecule has 1 aliphatic rings. The van der Waals surface area contributed by atoms with Crippen LogP contribution >= 0.6 is 11.6 Å². The molecule has 0 spiro atoms. The molecule has 104 valence electrons. The van der Waals surface area contributed by atoms with Gasteiger partial charge in [0.15, 0.2) is 0 Å². The summed E-state index contributed by atoms with van der Waals surface area (Å²) >= 11 is 5.99. The van der Waals surface area contributed by atoms with Crippen LogP contribution in [-0.4, -0.2) is 44.3 Å². The second-order valence-corrected chi connectivity index (χ2v) is 4.98. The first-order valence-corrected chi connectivity index (χ1v) is 6.66. The van der Waals surface area contributed by atoms with E-state index in [9.17, 15) is 9.59 Å². The molecule has 1 amide bonds. The number of halogens is 1. The highest BCUT2D eigenvalue weighted by molar-refractivity contribution is 6.33. The smallest absolute Gasteiger partial charge is 0.323 e. The van der Waals surface area contributed by atoms with E-state index in [0.717, 1.165) is 19.3 Å². The number of amides is 1. The summed E-state index contributed by atoms with van der Waals surface area (Å²) in [7, 11) is 0. The van der Waals surface area contributed by atoms with Crippen LogP contribution in [0.4, 0.5) is 0 Å². The van der Waals surface area contributed by atoms with Gasteiger partial charge in [-0.15, -0.1) is 0 Å². The first-order chi connectivity index (χ1) is 9.04. The van der Waals surface area contributed by atoms with Crippen LogP contribution in [0.5, 0.6) is 0 Å². The lowest BCUT2D eigenvalue weighted by atomic mass is 9.91. The summed E-state index contributed by atoms with van der Waals surface area (Å²) in [4.78, 5) is 24.8. The SMILES string of the molecule is CCn1ncc(Cl)c1C(=O)N(CC(=O)O)C1CCC1. The standard InChI is InChI=1S/C12H16ClN3O3/c1-2-16-11(9(13)6-14-16)12(19)15(7-10(17)18)8-4-3-5-8/h6,8H,2-5,7H2,1H3,(H,17,18). The minimum absolute atomic E-state index is 0.000118. The zero-order chi connectivity index (χ0) is 14.0. The van der Waals surface area contributed by atoms with Crippen LogP contribution in [0, 0.1) is 0 Å². The maximum Gasteiger partial charge on any atom is 0.323 e. The highest BCUT2D eigenvalue weighted by atomic mass is 35.5. The number of aryl methyl sites for hydroxylation is 1. The second kappa shape index (κ2) is 5.61. The third kappa shape index (κ3) is 2.73. The minimum atomic E-state index is -1.01. The number of aromatic nitrogens is 2. The third-order valence-electron chi connectivity index (χ3n) is 3.38. The molecule has 0 atom stereocenters. The van der Waals surface area contributed by atoms with E-state index in [1.807, 2.05) is 6.92 Å². The maximum atomic E-state index is 12.5. The molecule has 1 aromatic heterocycles. The van der Waals surface area contributed by atoms with Crippen LogP contribution in [-0.2, 0) is 11.3 Å². The molecule has 7 heteroatoms. The molecule has 1 aromatic rings. The zero-order valence-corrected chi connectivity index (χ0v) is 11.4. The summed E-state index contributed by atoms with van der Waals surface area (Å²) in [5.41, 5.74) is 0.275. The molecule has 0 unspecified atom stereocenters. The molecule has 0 radical (unpaired) electrons. The van der Waals surface area contributed by atoms with E-state index < -0.39 is 5.97 Å². The van der Waals surface area contributed by atoms with Crippen LogP contribution in [0.1, 0.15) is 36.7 Å². The Hall–Kier alpha value is -1.56. The first-order valence-electron chi connectivity index (χ1n) is 6.28. The zero-order valence-electron chi connectivity index (χ0n) is 10.7. The van der Waals surface area contributed by atoms with Gasteiger partial charge < -0.3 is 10.0 Å². The third-order valence-corrected chi connectivity index (χ3v) is 3.66. The number of hydrogen-bond acceptors (Lipinski definition) is 3. The number of carboxylic acid groups (broad SMARTS) is 1. The lowest BCUT2D eigenvalue weighted by Gasteiger charge is -2.36. The number of rotatable bonds is 5. The van der Waals surface area contributed by atoms with Crippen molar-refractivity contribution in [2.24, 2.45) is 0 Å². The van der Waals surface area contributed by atoms with Gasteiger partial charge in [0.1, 0.15) is 12.2 Å². The Balaban J connectivity index is 2.27. The molecule has 1 fully saturated rings. The van der Waals surface area contributed by atoms with Gasteiger partial charge in [0, 0.05) is 12.6 Å². The number of aliphatic carboxylic acids is 1. The molecule has 1 aliphatic carbocycles. The first kappa shape index (κ1) is 13.9. The molecule has 0 aliphatic heterocycles. The Kier molecular flexibility index (Phi) is 4.09. The Bertz CT molecular complexity index is 496. The van der Waals surface area contributed by atoms with E-state index in [1.165, 1.54) is 15.8 Å². The van der Waals surface area contributed by atoms with Crippen molar-refractivity contribution in [3.05, 3.63) is 16.9 Å². The van der Waals surface area contributed by atoms with Gasteiger partial charge in [0.05, 0.1) is 11.2 Å². The molecule has 0 bridgehead atoms. The largest absolute Gasteiger partial charge is 0.480 e. The van der Waals surface area contributed by atoms with E-state index in [1.54, 1.807) is 0 Å². The van der Waals surface area contributed by atoms with E-state index >= 15 is 0 Å². The van der Waals surface area contributed by atoms with Gasteiger partial charge in [-0.1, -0.05) is 11.6 Å². The lowest BCUT2D eigenvalue weighted by Crippen LogP contribution is -2.47. The van der Waals surface area contributed by atoms with Crippen molar-refractivity contribution in [2.45, 2.75) is 38.8 Å². The van der Waals surface area contributed by atoms with Crippen LogP contribution in [0.25, 0.3) is 0 Å². The van der Waals surface area contributed by atoms with Crippen LogP contribution in [0.2, 0.25) is 5.02 Å². The van der Waals surface area contributed by atoms with Crippen LogP contribution < -0.4 is 0 Å². The maximum absolute atomic E-state index is 12.5. The molecule has 0 aromatic carbocycles. The minimum Gasteiger partial charge on any atom is -0.480 e. The molecule has 0 saturated heterocycles. The van der Waals surface area contributed by atoms with E-state index in [-0.39, 0.29) is 29.2 Å². The number of carbonyl (C=O) groups excluding carboxylic acids is 1. The van der Waals surface area contributed by atoms with Gasteiger partial charge in [0.25, 0.3) is 5.91 Å². The Morgan fingerprint density at radius 3 is 2.74 bits per heavy atom. The van der Waals surface area contributed by atoms with Crippen molar-refractivity contribution in [2.75, 3.05) is 6.54 Å². The number of hydrogen-bond donors (Lipinski definition) is 1. The summed E-state index contributed by atoms with van der Waals surface area (Å²) in [6, 6.07) is -0.000118. The van der Waals surface area contributed by atoms with Crippen molar-refractivity contribution in [3.8, 4) is 0 Å². The predicted octanol–water partition coefficient (Wildman–Crippen LogP) is 1.64. The number of carboxylic acids is 1. The highest BCUT2D eigenvalue weighted by Crippen LogP contribution is 2.27. The van der Waals surface area contributed by atoms with Crippen molar-refractivity contribution < 1.29 is 14.7 Å². The second-order valence-electron chi connectivity index (χ2n) is 4.57. The molecule has 6 nitrogen and oxygen atoms in total. The summed E-state index contributed by atoms with van der Waals surface area (Å²) in [6.45, 7) is 2.07. The van der Waals surface area contributed by atoms with Crippen molar-refractivity contribution in [3.63, 3.8) is 0 Å². The molecule has 1 heterocycles. The van der Waals surface area contributed by atoms with Crippen molar-refractivity contribution in [1.29, 1.82) is 0 Å². The average Bonchev–Trinajstić information content (AvgIpc) is 2.65. The fourth-order valence-electron chi connectivity index (χ4n) is 2.16. The quantitative estimate of drug-likeness (QED) is 0.892. The van der Waals surface area contributed by atoms with Gasteiger partial charge in [-0.3, -0.25) is 14.3 Å². The summed E-state index contributed by atoms with van der Waals surface area (Å²) in [5, 5.41) is 13.2. The summed E-state index contributed by atoms with van der Waals surface area (Å²) < 4.78 is 1.50. The fourth-order valence-corrected chi connectivity index (χ4v) is 2.38. The van der Waals surface area contributed by atoms with E-state index in [2.05, 4.69) is 5.10 Å². The normalized spacial score (nSPS) is 15.1. The van der Waals surface area contributed by atoms with Gasteiger partial charge in [0.2, 0.25) is 0 Å². The van der Waals surface area contributed by atoms with Gasteiger partial charge in [-0.25, -0.2) is 0 Å². The summed E-state index contributed by atoms with van der Waals surface area (Å²) in [5.74, 6) is -1.37. The van der Waals surface area contributed by atoms with Gasteiger partial charge >= 0.3 is 5.97 Å². The topological polar surface area (TPSA) is 75.4 Å². The van der Waals surface area contributed by atoms with Crippen LogP contribution in [0.15, 0.2) is 6.20 Å². The Morgan fingerprint density at radius 1 is 1.58 bits per heavy atom. The molecule has 1 N–H and O–H groups in total. The molecule has 19 heavy (non-hydrogen) atoms. The Morgan fingerprint density at radius 2 is 2.26 bits per heavy atom. The number of nitrogens with zero attached hydrogens (tertiary/aromatic N) is 3. The fraction of sp³-hybridized carbons (Fsp3) is 0.583. The van der Waals surface area contributed by atoms with E-state index in [4.69, 9.17) is 16.7 Å². The van der Waals surface area contributed by atoms with Gasteiger partial charge in [-0.05, 0) is 26.2 Å². The van der Waals surface area contributed by atoms with Crippen molar-refractivity contribution >= 4 is 23.5 Å². The highest BCUT2D eigenvalue weighted by Gasteiger charge is 2.33. The monoisotopic (exact) mass is 285 g/mol. The van der Waals surface area contributed by atoms with E-state index in [0.29, 0.717) is 6.54 Å².